The zero-order valence-corrected chi connectivity index (χ0v) is 12.6. The van der Waals surface area contributed by atoms with Crippen LogP contribution in [-0.2, 0) is 6.18 Å². The van der Waals surface area contributed by atoms with E-state index in [4.69, 9.17) is 4.74 Å². The summed E-state index contributed by atoms with van der Waals surface area (Å²) in [6.07, 6.45) is -4.29. The first kappa shape index (κ1) is 17.1. The van der Waals surface area contributed by atoms with Gasteiger partial charge in [0.1, 0.15) is 17.7 Å². The Balaban J connectivity index is 1.56. The number of ether oxygens (including phenoxy) is 1. The molecule has 0 spiro atoms. The number of hydrogen-bond acceptors (Lipinski definition) is 3. The molecule has 1 aliphatic heterocycles. The van der Waals surface area contributed by atoms with Crippen LogP contribution >= 0.6 is 0 Å². The molecule has 132 valence electrons. The number of nitrogens with zero attached hydrogens (tertiary/aromatic N) is 2. The van der Waals surface area contributed by atoms with Crippen molar-refractivity contribution in [1.82, 2.24) is 9.88 Å². The standard InChI is InChI=1S/C16H11F5N2O2/c17-10-2-3-12(13(18)5-10)15(24)23-7-11(8-23)25-14-4-1-9(6-22-14)16(19,20)21/h1-6,11H,7-8H2. The predicted octanol–water partition coefficient (Wildman–Crippen LogP) is 3.28. The molecule has 1 saturated heterocycles. The second-order valence-electron chi connectivity index (χ2n) is 5.46. The normalized spacial score (nSPS) is 15.0. The summed E-state index contributed by atoms with van der Waals surface area (Å²) in [6.45, 7) is 0.247. The van der Waals surface area contributed by atoms with Gasteiger partial charge in [-0.1, -0.05) is 0 Å². The molecular weight excluding hydrogens is 347 g/mol. The number of amides is 1. The summed E-state index contributed by atoms with van der Waals surface area (Å²) in [6, 6.07) is 4.59. The van der Waals surface area contributed by atoms with Crippen molar-refractivity contribution in [3.8, 4) is 5.88 Å². The molecule has 1 aromatic heterocycles. The van der Waals surface area contributed by atoms with E-state index in [1.165, 1.54) is 4.90 Å². The zero-order valence-electron chi connectivity index (χ0n) is 12.6. The molecule has 0 radical (unpaired) electrons. The van der Waals surface area contributed by atoms with Crippen molar-refractivity contribution < 1.29 is 31.5 Å². The molecule has 0 aliphatic carbocycles. The highest BCUT2D eigenvalue weighted by atomic mass is 19.4. The second kappa shape index (κ2) is 6.30. The van der Waals surface area contributed by atoms with E-state index < -0.39 is 35.4 Å². The van der Waals surface area contributed by atoms with Crippen LogP contribution in [0.2, 0.25) is 0 Å². The average Bonchev–Trinajstić information content (AvgIpc) is 2.49. The van der Waals surface area contributed by atoms with Crippen molar-refractivity contribution in [3.63, 3.8) is 0 Å². The van der Waals surface area contributed by atoms with Gasteiger partial charge in [0.15, 0.2) is 0 Å². The summed E-state index contributed by atoms with van der Waals surface area (Å²) in [7, 11) is 0. The number of rotatable bonds is 3. The van der Waals surface area contributed by atoms with E-state index in [9.17, 15) is 26.7 Å². The van der Waals surface area contributed by atoms with Crippen molar-refractivity contribution in [2.75, 3.05) is 13.1 Å². The van der Waals surface area contributed by atoms with Crippen LogP contribution in [0.5, 0.6) is 5.88 Å². The highest BCUT2D eigenvalue weighted by Gasteiger charge is 2.35. The molecule has 0 saturated carbocycles. The first-order valence-corrected chi connectivity index (χ1v) is 7.18. The summed E-state index contributed by atoms with van der Waals surface area (Å²) in [5.41, 5.74) is -1.15. The third-order valence-electron chi connectivity index (χ3n) is 3.65. The second-order valence-corrected chi connectivity index (χ2v) is 5.46. The van der Waals surface area contributed by atoms with Gasteiger partial charge < -0.3 is 9.64 Å². The Kier molecular flexibility index (Phi) is 4.32. The monoisotopic (exact) mass is 358 g/mol. The average molecular weight is 358 g/mol. The summed E-state index contributed by atoms with van der Waals surface area (Å²) in [5, 5.41) is 0. The maximum Gasteiger partial charge on any atom is 0.417 e. The van der Waals surface area contributed by atoms with E-state index in [2.05, 4.69) is 4.98 Å². The Hall–Kier alpha value is -2.71. The Morgan fingerprint density at radius 2 is 1.88 bits per heavy atom. The number of benzene rings is 1. The Bertz CT molecular complexity index is 786. The summed E-state index contributed by atoms with van der Waals surface area (Å²) >= 11 is 0. The van der Waals surface area contributed by atoms with Gasteiger partial charge in [-0.3, -0.25) is 4.79 Å². The largest absolute Gasteiger partial charge is 0.471 e. The number of pyridine rings is 1. The zero-order chi connectivity index (χ0) is 18.2. The van der Waals surface area contributed by atoms with E-state index in [0.29, 0.717) is 12.3 Å². The van der Waals surface area contributed by atoms with Crippen molar-refractivity contribution in [2.24, 2.45) is 0 Å². The van der Waals surface area contributed by atoms with Crippen LogP contribution in [-0.4, -0.2) is 35.0 Å². The molecule has 2 heterocycles. The van der Waals surface area contributed by atoms with Gasteiger partial charge in [0.2, 0.25) is 5.88 Å². The molecule has 1 fully saturated rings. The summed E-state index contributed by atoms with van der Waals surface area (Å²) < 4.78 is 69.1. The minimum absolute atomic E-state index is 0.00179. The molecule has 0 atom stereocenters. The third kappa shape index (κ3) is 3.70. The fraction of sp³-hybridized carbons (Fsp3) is 0.250. The Morgan fingerprint density at radius 3 is 2.44 bits per heavy atom. The van der Waals surface area contributed by atoms with Crippen molar-refractivity contribution in [3.05, 3.63) is 59.3 Å². The van der Waals surface area contributed by atoms with E-state index in [-0.39, 0.29) is 24.5 Å². The SMILES string of the molecule is O=C(c1ccc(F)cc1F)N1CC(Oc2ccc(C(F)(F)F)cn2)C1. The number of carbonyl (C=O) groups excluding carboxylic acids is 1. The highest BCUT2D eigenvalue weighted by Crippen LogP contribution is 2.29. The molecule has 25 heavy (non-hydrogen) atoms. The van der Waals surface area contributed by atoms with Gasteiger partial charge in [0, 0.05) is 18.3 Å². The number of aromatic nitrogens is 1. The number of alkyl halides is 3. The lowest BCUT2D eigenvalue weighted by Crippen LogP contribution is -2.56. The maximum atomic E-state index is 13.6. The van der Waals surface area contributed by atoms with Crippen LogP contribution < -0.4 is 4.74 Å². The molecule has 1 aliphatic rings. The Labute approximate surface area is 138 Å². The van der Waals surface area contributed by atoms with Crippen LogP contribution in [0.1, 0.15) is 15.9 Å². The van der Waals surface area contributed by atoms with Crippen LogP contribution in [0.4, 0.5) is 22.0 Å². The van der Waals surface area contributed by atoms with E-state index in [1.807, 2.05) is 0 Å². The topological polar surface area (TPSA) is 42.4 Å². The van der Waals surface area contributed by atoms with Gasteiger partial charge >= 0.3 is 6.18 Å². The summed E-state index contributed by atoms with van der Waals surface area (Å²) in [5.74, 6) is -2.36. The van der Waals surface area contributed by atoms with E-state index in [1.54, 1.807) is 0 Å². The molecule has 4 nitrogen and oxygen atoms in total. The maximum absolute atomic E-state index is 13.6. The van der Waals surface area contributed by atoms with Crippen LogP contribution in [0.15, 0.2) is 36.5 Å². The molecule has 0 N–H and O–H groups in total. The highest BCUT2D eigenvalue weighted by molar-refractivity contribution is 5.95. The minimum atomic E-state index is -4.48. The van der Waals surface area contributed by atoms with E-state index >= 15 is 0 Å². The number of likely N-dealkylation sites (tertiary alicyclic amines) is 1. The van der Waals surface area contributed by atoms with Gasteiger partial charge in [0.05, 0.1) is 24.2 Å². The molecule has 9 heteroatoms. The number of carbonyl (C=O) groups is 1. The number of hydrogen-bond donors (Lipinski definition) is 0. The molecule has 1 amide bonds. The first-order valence-electron chi connectivity index (χ1n) is 7.18. The lowest BCUT2D eigenvalue weighted by Gasteiger charge is -2.38. The molecule has 2 aromatic rings. The summed E-state index contributed by atoms with van der Waals surface area (Å²) in [4.78, 5) is 16.9. The minimum Gasteiger partial charge on any atom is -0.471 e. The quantitative estimate of drug-likeness (QED) is 0.791. The lowest BCUT2D eigenvalue weighted by molar-refractivity contribution is -0.137. The van der Waals surface area contributed by atoms with Gasteiger partial charge in [-0.2, -0.15) is 13.2 Å². The van der Waals surface area contributed by atoms with Gasteiger partial charge in [-0.25, -0.2) is 13.8 Å². The number of halogens is 5. The van der Waals surface area contributed by atoms with Crippen molar-refractivity contribution in [1.29, 1.82) is 0 Å². The van der Waals surface area contributed by atoms with Gasteiger partial charge in [0.25, 0.3) is 5.91 Å². The Morgan fingerprint density at radius 1 is 1.16 bits per heavy atom. The van der Waals surface area contributed by atoms with Crippen LogP contribution in [0, 0.1) is 11.6 Å². The van der Waals surface area contributed by atoms with Gasteiger partial charge in [-0.15, -0.1) is 0 Å². The fourth-order valence-electron chi connectivity index (χ4n) is 2.30. The van der Waals surface area contributed by atoms with Crippen LogP contribution in [0.3, 0.4) is 0 Å². The fourth-order valence-corrected chi connectivity index (χ4v) is 2.30. The molecule has 0 unspecified atom stereocenters. The molecule has 1 aromatic carbocycles. The van der Waals surface area contributed by atoms with E-state index in [0.717, 1.165) is 24.3 Å². The first-order chi connectivity index (χ1) is 11.7. The van der Waals surface area contributed by atoms with Gasteiger partial charge in [-0.05, 0) is 18.2 Å². The molecule has 3 rings (SSSR count). The van der Waals surface area contributed by atoms with Crippen molar-refractivity contribution >= 4 is 5.91 Å². The molecule has 0 bridgehead atoms. The molecular formula is C16H11F5N2O2. The third-order valence-corrected chi connectivity index (χ3v) is 3.65. The van der Waals surface area contributed by atoms with Crippen molar-refractivity contribution in [2.45, 2.75) is 12.3 Å². The predicted molar refractivity (Wildman–Crippen MR) is 75.9 cm³/mol. The van der Waals surface area contributed by atoms with Crippen LogP contribution in [0.25, 0.3) is 0 Å². The lowest BCUT2D eigenvalue weighted by atomic mass is 10.1. The smallest absolute Gasteiger partial charge is 0.417 e.